The molecule has 25 heavy (non-hydrogen) atoms. The summed E-state index contributed by atoms with van der Waals surface area (Å²) in [5, 5.41) is 5.53. The highest BCUT2D eigenvalue weighted by Gasteiger charge is 2.11. The van der Waals surface area contributed by atoms with E-state index in [1.165, 1.54) is 11.8 Å². The zero-order valence-electron chi connectivity index (χ0n) is 13.9. The number of esters is 1. The molecule has 0 aromatic heterocycles. The number of benzene rings is 1. The largest absolute Gasteiger partial charge is 0.455 e. The van der Waals surface area contributed by atoms with E-state index in [9.17, 15) is 14.4 Å². The maximum atomic E-state index is 11.6. The third-order valence-corrected chi connectivity index (χ3v) is 4.48. The van der Waals surface area contributed by atoms with Crippen LogP contribution in [0, 0.1) is 5.92 Å². The summed E-state index contributed by atoms with van der Waals surface area (Å²) in [5.74, 6) is -0.318. The number of nitrogens with one attached hydrogen (secondary N) is 2. The van der Waals surface area contributed by atoms with E-state index in [1.54, 1.807) is 12.1 Å². The molecular formula is C16H20Cl2N2O4S. The van der Waals surface area contributed by atoms with Crippen LogP contribution in [0.3, 0.4) is 0 Å². The number of urea groups is 1. The number of thioether (sulfide) groups is 1. The van der Waals surface area contributed by atoms with E-state index in [2.05, 4.69) is 10.6 Å². The molecule has 6 nitrogen and oxygen atoms in total. The maximum Gasteiger partial charge on any atom is 0.321 e. The number of carbonyl (C=O) groups is 3. The molecule has 0 unspecified atom stereocenters. The van der Waals surface area contributed by atoms with Crippen LogP contribution in [-0.2, 0) is 20.1 Å². The van der Waals surface area contributed by atoms with Gasteiger partial charge in [-0.15, -0.1) is 11.8 Å². The van der Waals surface area contributed by atoms with Gasteiger partial charge in [-0.2, -0.15) is 0 Å². The van der Waals surface area contributed by atoms with Gasteiger partial charge in [0.15, 0.2) is 6.61 Å². The van der Waals surface area contributed by atoms with Crippen molar-refractivity contribution in [2.45, 2.75) is 19.6 Å². The highest BCUT2D eigenvalue weighted by Crippen LogP contribution is 2.24. The minimum absolute atomic E-state index is 0.0765. The Morgan fingerprint density at radius 2 is 1.92 bits per heavy atom. The Bertz CT molecular complexity index is 626. The lowest BCUT2D eigenvalue weighted by Crippen LogP contribution is -2.42. The molecule has 9 heteroatoms. The van der Waals surface area contributed by atoms with Crippen molar-refractivity contribution in [2.75, 3.05) is 18.9 Å². The lowest BCUT2D eigenvalue weighted by Gasteiger charge is -2.09. The van der Waals surface area contributed by atoms with Crippen LogP contribution in [-0.4, -0.2) is 36.8 Å². The third kappa shape index (κ3) is 9.57. The summed E-state index contributed by atoms with van der Waals surface area (Å²) < 4.78 is 4.81. The van der Waals surface area contributed by atoms with Crippen molar-refractivity contribution in [3.05, 3.63) is 33.8 Å². The monoisotopic (exact) mass is 406 g/mol. The average Bonchev–Trinajstić information content (AvgIpc) is 2.54. The Kier molecular flexibility index (Phi) is 9.70. The average molecular weight is 407 g/mol. The van der Waals surface area contributed by atoms with Crippen LogP contribution in [0.5, 0.6) is 0 Å². The molecule has 1 aromatic carbocycles. The second-order valence-corrected chi connectivity index (χ2v) is 7.35. The van der Waals surface area contributed by atoms with Gasteiger partial charge >= 0.3 is 12.0 Å². The standard InChI is InChI=1S/C16H20Cl2N2O4S/c1-10(2)6-19-16(23)20-14(21)7-24-15(22)9-25-8-11-3-4-12(17)13(18)5-11/h3-5,10H,6-9H2,1-2H3,(H2,19,20,21,23). The lowest BCUT2D eigenvalue weighted by molar-refractivity contribution is -0.145. The second-order valence-electron chi connectivity index (χ2n) is 5.55. The van der Waals surface area contributed by atoms with E-state index in [-0.39, 0.29) is 11.7 Å². The van der Waals surface area contributed by atoms with Crippen molar-refractivity contribution < 1.29 is 19.1 Å². The minimum Gasteiger partial charge on any atom is -0.455 e. The molecule has 3 amide bonds. The molecule has 0 bridgehead atoms. The van der Waals surface area contributed by atoms with Crippen LogP contribution in [0.15, 0.2) is 18.2 Å². The summed E-state index contributed by atoms with van der Waals surface area (Å²) in [5.41, 5.74) is 0.923. The fourth-order valence-electron chi connectivity index (χ4n) is 1.57. The highest BCUT2D eigenvalue weighted by molar-refractivity contribution is 7.99. The summed E-state index contributed by atoms with van der Waals surface area (Å²) in [6.07, 6.45) is 0. The fourth-order valence-corrected chi connectivity index (χ4v) is 2.66. The maximum absolute atomic E-state index is 11.6. The van der Waals surface area contributed by atoms with Crippen molar-refractivity contribution in [1.82, 2.24) is 10.6 Å². The van der Waals surface area contributed by atoms with Crippen LogP contribution in [0.25, 0.3) is 0 Å². The van der Waals surface area contributed by atoms with Gasteiger partial charge in [0.25, 0.3) is 5.91 Å². The van der Waals surface area contributed by atoms with Gasteiger partial charge in [0.05, 0.1) is 15.8 Å². The van der Waals surface area contributed by atoms with Crippen LogP contribution < -0.4 is 10.6 Å². The van der Waals surface area contributed by atoms with Crippen LogP contribution >= 0.6 is 35.0 Å². The summed E-state index contributed by atoms with van der Waals surface area (Å²) in [4.78, 5) is 34.4. The number of imide groups is 1. The predicted octanol–water partition coefficient (Wildman–Crippen LogP) is 3.25. The first-order valence-corrected chi connectivity index (χ1v) is 9.44. The summed E-state index contributed by atoms with van der Waals surface area (Å²) >= 11 is 13.1. The molecule has 1 aromatic rings. The van der Waals surface area contributed by atoms with Crippen molar-refractivity contribution in [3.63, 3.8) is 0 Å². The molecule has 0 radical (unpaired) electrons. The molecule has 0 saturated carbocycles. The number of ether oxygens (including phenoxy) is 1. The number of hydrogen-bond acceptors (Lipinski definition) is 5. The summed E-state index contributed by atoms with van der Waals surface area (Å²) in [6.45, 7) is 3.81. The van der Waals surface area contributed by atoms with Gasteiger partial charge in [0, 0.05) is 12.3 Å². The molecule has 0 atom stereocenters. The Morgan fingerprint density at radius 1 is 1.20 bits per heavy atom. The molecule has 0 aliphatic carbocycles. The first kappa shape index (κ1) is 21.6. The molecule has 0 spiro atoms. The summed E-state index contributed by atoms with van der Waals surface area (Å²) in [7, 11) is 0. The number of amides is 3. The Labute approximate surface area is 161 Å². The van der Waals surface area contributed by atoms with E-state index >= 15 is 0 Å². The van der Waals surface area contributed by atoms with Gasteiger partial charge in [-0.3, -0.25) is 14.9 Å². The van der Waals surface area contributed by atoms with E-state index < -0.39 is 24.5 Å². The molecule has 0 aliphatic heterocycles. The Morgan fingerprint density at radius 3 is 2.56 bits per heavy atom. The Hall–Kier alpha value is -1.44. The molecule has 0 saturated heterocycles. The molecule has 0 aliphatic rings. The van der Waals surface area contributed by atoms with Crippen LogP contribution in [0.2, 0.25) is 10.0 Å². The van der Waals surface area contributed by atoms with E-state index in [1.807, 2.05) is 19.9 Å². The zero-order chi connectivity index (χ0) is 18.8. The van der Waals surface area contributed by atoms with Crippen molar-refractivity contribution >= 4 is 52.9 Å². The smallest absolute Gasteiger partial charge is 0.321 e. The van der Waals surface area contributed by atoms with E-state index in [0.717, 1.165) is 5.56 Å². The topological polar surface area (TPSA) is 84.5 Å². The molecule has 0 heterocycles. The number of hydrogen-bond donors (Lipinski definition) is 2. The van der Waals surface area contributed by atoms with Gasteiger partial charge in [-0.05, 0) is 23.6 Å². The van der Waals surface area contributed by atoms with Gasteiger partial charge < -0.3 is 10.1 Å². The first-order chi connectivity index (χ1) is 11.8. The van der Waals surface area contributed by atoms with Gasteiger partial charge in [0.2, 0.25) is 0 Å². The predicted molar refractivity (Wildman–Crippen MR) is 100.0 cm³/mol. The fraction of sp³-hybridized carbons (Fsp3) is 0.438. The molecule has 0 fully saturated rings. The van der Waals surface area contributed by atoms with Crippen molar-refractivity contribution in [1.29, 1.82) is 0 Å². The molecule has 138 valence electrons. The van der Waals surface area contributed by atoms with Gasteiger partial charge in [-0.25, -0.2) is 4.79 Å². The molecular weight excluding hydrogens is 387 g/mol. The SMILES string of the molecule is CC(C)CNC(=O)NC(=O)COC(=O)CSCc1ccc(Cl)c(Cl)c1. The number of halogens is 2. The minimum atomic E-state index is -0.677. The van der Waals surface area contributed by atoms with Gasteiger partial charge in [0.1, 0.15) is 0 Å². The van der Waals surface area contributed by atoms with E-state index in [4.69, 9.17) is 27.9 Å². The molecule has 2 N–H and O–H groups in total. The lowest BCUT2D eigenvalue weighted by atomic mass is 10.2. The second kappa shape index (κ2) is 11.2. The quantitative estimate of drug-likeness (QED) is 0.647. The van der Waals surface area contributed by atoms with Crippen molar-refractivity contribution in [2.24, 2.45) is 5.92 Å². The zero-order valence-corrected chi connectivity index (χ0v) is 16.3. The third-order valence-electron chi connectivity index (χ3n) is 2.76. The summed E-state index contributed by atoms with van der Waals surface area (Å²) in [6, 6.07) is 4.62. The molecule has 1 rings (SSSR count). The van der Waals surface area contributed by atoms with Gasteiger partial charge in [-0.1, -0.05) is 43.1 Å². The van der Waals surface area contributed by atoms with Crippen LogP contribution in [0.4, 0.5) is 4.79 Å². The number of rotatable bonds is 8. The highest BCUT2D eigenvalue weighted by atomic mass is 35.5. The normalized spacial score (nSPS) is 10.4. The Balaban J connectivity index is 2.20. The van der Waals surface area contributed by atoms with Crippen LogP contribution in [0.1, 0.15) is 19.4 Å². The van der Waals surface area contributed by atoms with Crippen molar-refractivity contribution in [3.8, 4) is 0 Å². The first-order valence-electron chi connectivity index (χ1n) is 7.53. The number of carbonyl (C=O) groups excluding carboxylic acids is 3. The van der Waals surface area contributed by atoms with E-state index in [0.29, 0.717) is 22.3 Å².